The van der Waals surface area contributed by atoms with Gasteiger partial charge < -0.3 is 0 Å². The fourth-order valence-corrected chi connectivity index (χ4v) is 0.144. The largest absolute Gasteiger partial charge is 0.0895 e. The zero-order valence-corrected chi connectivity index (χ0v) is 4.63. The van der Waals surface area contributed by atoms with Gasteiger partial charge in [0.2, 0.25) is 0 Å². The molecule has 1 radical (unpaired) electrons. The molecule has 0 atom stereocenters. The number of hydrogen-bond acceptors (Lipinski definition) is 0. The molecule has 6 heavy (non-hydrogen) atoms. The van der Waals surface area contributed by atoms with Gasteiger partial charge in [0.15, 0.2) is 0 Å². The summed E-state index contributed by atoms with van der Waals surface area (Å²) in [6.07, 6.45) is 2.55. The molecule has 0 aliphatic heterocycles. The topological polar surface area (TPSA) is 0 Å². The molecule has 0 N–H and O–H groups in total. The Kier molecular flexibility index (Phi) is 3.24. The van der Waals surface area contributed by atoms with Crippen LogP contribution in [0.1, 0.15) is 13.3 Å². The molecule has 0 unspecified atom stereocenters. The maximum absolute atomic E-state index is 5.45. The van der Waals surface area contributed by atoms with Crippen molar-refractivity contribution in [2.24, 2.45) is 0 Å². The minimum absolute atomic E-state index is 0.829. The molecule has 0 fully saturated rings. The second kappa shape index (κ2) is 3.23. The Morgan fingerprint density at radius 2 is 2.50 bits per heavy atom. The lowest BCUT2D eigenvalue weighted by molar-refractivity contribution is 1.19. The van der Waals surface area contributed by atoms with E-state index in [1.807, 2.05) is 6.92 Å². The van der Waals surface area contributed by atoms with Crippen LogP contribution in [-0.2, 0) is 0 Å². The van der Waals surface area contributed by atoms with Gasteiger partial charge in [0, 0.05) is 5.03 Å². The van der Waals surface area contributed by atoms with Crippen LogP contribution in [0.2, 0.25) is 0 Å². The van der Waals surface area contributed by atoms with Gasteiger partial charge in [-0.25, -0.2) is 0 Å². The summed E-state index contributed by atoms with van der Waals surface area (Å²) >= 11 is 5.45. The third-order valence-electron chi connectivity index (χ3n) is 0.559. The number of halogens is 1. The molecular formula is C5H8Cl. The van der Waals surface area contributed by atoms with E-state index in [9.17, 15) is 0 Å². The van der Waals surface area contributed by atoms with Gasteiger partial charge in [-0.05, 0) is 13.3 Å². The predicted octanol–water partition coefficient (Wildman–Crippen LogP) is 2.35. The lowest BCUT2D eigenvalue weighted by atomic mass is 10.4. The Labute approximate surface area is 43.8 Å². The predicted molar refractivity (Wildman–Crippen MR) is 29.6 cm³/mol. The van der Waals surface area contributed by atoms with Gasteiger partial charge >= 0.3 is 0 Å². The van der Waals surface area contributed by atoms with E-state index in [4.69, 9.17) is 11.6 Å². The SMILES string of the molecule is [CH2]C=C(Cl)CC. The van der Waals surface area contributed by atoms with Crippen molar-refractivity contribution in [3.05, 3.63) is 18.0 Å². The molecular weight excluding hydrogens is 95.5 g/mol. The third kappa shape index (κ3) is 2.28. The van der Waals surface area contributed by atoms with E-state index >= 15 is 0 Å². The molecule has 35 valence electrons. The van der Waals surface area contributed by atoms with Gasteiger partial charge in [0.1, 0.15) is 0 Å². The quantitative estimate of drug-likeness (QED) is 0.478. The van der Waals surface area contributed by atoms with Gasteiger partial charge in [-0.2, -0.15) is 0 Å². The van der Waals surface area contributed by atoms with Crippen molar-refractivity contribution in [2.75, 3.05) is 0 Å². The number of allylic oxidation sites excluding steroid dienone is 2. The highest BCUT2D eigenvalue weighted by Gasteiger charge is 1.76. The molecule has 0 saturated carbocycles. The highest BCUT2D eigenvalue weighted by molar-refractivity contribution is 6.29. The average molecular weight is 104 g/mol. The fraction of sp³-hybridized carbons (Fsp3) is 0.400. The molecule has 0 aliphatic carbocycles. The van der Waals surface area contributed by atoms with Crippen molar-refractivity contribution in [1.82, 2.24) is 0 Å². The lowest BCUT2D eigenvalue weighted by Crippen LogP contribution is -1.59. The van der Waals surface area contributed by atoms with Crippen molar-refractivity contribution in [3.8, 4) is 0 Å². The second-order valence-corrected chi connectivity index (χ2v) is 1.49. The molecule has 0 aromatic carbocycles. The van der Waals surface area contributed by atoms with Gasteiger partial charge in [-0.15, -0.1) is 0 Å². The maximum Gasteiger partial charge on any atom is 0.0138 e. The fourth-order valence-electron chi connectivity index (χ4n) is 0.144. The maximum atomic E-state index is 5.45. The van der Waals surface area contributed by atoms with E-state index in [2.05, 4.69) is 6.92 Å². The van der Waals surface area contributed by atoms with E-state index in [-0.39, 0.29) is 0 Å². The van der Waals surface area contributed by atoms with Gasteiger partial charge in [0.05, 0.1) is 0 Å². The van der Waals surface area contributed by atoms with Gasteiger partial charge in [-0.1, -0.05) is 24.6 Å². The summed E-state index contributed by atoms with van der Waals surface area (Å²) in [5.74, 6) is 0. The molecule has 0 bridgehead atoms. The zero-order valence-electron chi connectivity index (χ0n) is 3.87. The van der Waals surface area contributed by atoms with Crippen LogP contribution in [-0.4, -0.2) is 0 Å². The molecule has 0 aromatic heterocycles. The molecule has 0 heterocycles. The average Bonchev–Trinajstić information content (AvgIpc) is 1.65. The molecule has 0 aliphatic rings. The summed E-state index contributed by atoms with van der Waals surface area (Å²) in [5.41, 5.74) is 0. The van der Waals surface area contributed by atoms with Gasteiger partial charge in [-0.3, -0.25) is 0 Å². The molecule has 0 spiro atoms. The van der Waals surface area contributed by atoms with E-state index in [1.165, 1.54) is 0 Å². The summed E-state index contributed by atoms with van der Waals surface area (Å²) in [4.78, 5) is 0. The summed E-state index contributed by atoms with van der Waals surface area (Å²) in [6.45, 7) is 5.45. The van der Waals surface area contributed by atoms with Crippen LogP contribution in [0.4, 0.5) is 0 Å². The third-order valence-corrected chi connectivity index (χ3v) is 0.981. The number of hydrogen-bond donors (Lipinski definition) is 0. The molecule has 0 saturated heterocycles. The highest BCUT2D eigenvalue weighted by atomic mass is 35.5. The second-order valence-electron chi connectivity index (χ2n) is 1.00. The zero-order chi connectivity index (χ0) is 4.99. The Morgan fingerprint density at radius 1 is 2.00 bits per heavy atom. The highest BCUT2D eigenvalue weighted by Crippen LogP contribution is 2.02. The van der Waals surface area contributed by atoms with Crippen LogP contribution in [0.3, 0.4) is 0 Å². The summed E-state index contributed by atoms with van der Waals surface area (Å²) < 4.78 is 0. The standard InChI is InChI=1S/C5H8Cl/c1-3-5(6)4-2/h3H,1,4H2,2H3. The first-order chi connectivity index (χ1) is 2.81. The molecule has 0 nitrogen and oxygen atoms in total. The summed E-state index contributed by atoms with van der Waals surface area (Å²) in [7, 11) is 0. The van der Waals surface area contributed by atoms with Crippen molar-refractivity contribution in [2.45, 2.75) is 13.3 Å². The first-order valence-electron chi connectivity index (χ1n) is 1.95. The van der Waals surface area contributed by atoms with E-state index < -0.39 is 0 Å². The first kappa shape index (κ1) is 6.03. The van der Waals surface area contributed by atoms with Crippen molar-refractivity contribution in [1.29, 1.82) is 0 Å². The molecule has 0 aromatic rings. The Bertz CT molecular complexity index is 55.0. The van der Waals surface area contributed by atoms with Crippen molar-refractivity contribution in [3.63, 3.8) is 0 Å². The van der Waals surface area contributed by atoms with Gasteiger partial charge in [0.25, 0.3) is 0 Å². The molecule has 0 rings (SSSR count). The lowest BCUT2D eigenvalue weighted by Gasteiger charge is -1.81. The van der Waals surface area contributed by atoms with E-state index in [0.717, 1.165) is 11.5 Å². The van der Waals surface area contributed by atoms with Crippen LogP contribution in [0.25, 0.3) is 0 Å². The van der Waals surface area contributed by atoms with Crippen LogP contribution < -0.4 is 0 Å². The monoisotopic (exact) mass is 103 g/mol. The smallest absolute Gasteiger partial charge is 0.0138 e. The van der Waals surface area contributed by atoms with Crippen molar-refractivity contribution < 1.29 is 0 Å². The number of rotatable bonds is 1. The van der Waals surface area contributed by atoms with E-state index in [1.54, 1.807) is 6.08 Å². The molecule has 1 heteroatoms. The minimum Gasteiger partial charge on any atom is -0.0895 e. The Morgan fingerprint density at radius 3 is 2.50 bits per heavy atom. The van der Waals surface area contributed by atoms with Crippen LogP contribution in [0.5, 0.6) is 0 Å². The summed E-state index contributed by atoms with van der Waals surface area (Å²) in [5, 5.41) is 0.829. The molecule has 0 amide bonds. The van der Waals surface area contributed by atoms with Crippen LogP contribution >= 0.6 is 11.6 Å². The first-order valence-corrected chi connectivity index (χ1v) is 2.32. The van der Waals surface area contributed by atoms with Crippen LogP contribution in [0.15, 0.2) is 11.1 Å². The van der Waals surface area contributed by atoms with E-state index in [0.29, 0.717) is 0 Å². The normalized spacial score (nSPS) is 12.2. The minimum atomic E-state index is 0.829. The Balaban J connectivity index is 3.22. The Hall–Kier alpha value is 0.0300. The summed E-state index contributed by atoms with van der Waals surface area (Å²) in [6, 6.07) is 0. The van der Waals surface area contributed by atoms with Crippen LogP contribution in [0, 0.1) is 6.92 Å². The van der Waals surface area contributed by atoms with Crippen molar-refractivity contribution >= 4 is 11.6 Å².